The van der Waals surface area contributed by atoms with Crippen molar-refractivity contribution >= 4 is 22.9 Å². The zero-order chi connectivity index (χ0) is 14.1. The van der Waals surface area contributed by atoms with E-state index in [4.69, 9.17) is 22.1 Å². The molecule has 0 amide bonds. The minimum Gasteiger partial charge on any atom is -0.381 e. The first kappa shape index (κ1) is 14.1. The fraction of sp³-hybridized carbons (Fsp3) is 0.500. The number of thiophene rings is 1. The highest BCUT2D eigenvalue weighted by atomic mass is 35.5. The molecule has 2 aromatic heterocycles. The number of hydrogen-bond acceptors (Lipinski definition) is 4. The van der Waals surface area contributed by atoms with Gasteiger partial charge in [-0.05, 0) is 25.5 Å². The molecule has 2 aromatic rings. The molecule has 2 N–H and O–H groups in total. The Labute approximate surface area is 127 Å². The van der Waals surface area contributed by atoms with E-state index in [0.29, 0.717) is 5.92 Å². The largest absolute Gasteiger partial charge is 0.381 e. The minimum atomic E-state index is -0.0297. The van der Waals surface area contributed by atoms with Gasteiger partial charge in [-0.15, -0.1) is 11.3 Å². The van der Waals surface area contributed by atoms with Gasteiger partial charge in [-0.1, -0.05) is 11.6 Å². The highest BCUT2D eigenvalue weighted by Gasteiger charge is 2.27. The Morgan fingerprint density at radius 3 is 3.05 bits per heavy atom. The molecule has 108 valence electrons. The summed E-state index contributed by atoms with van der Waals surface area (Å²) >= 11 is 7.62. The molecule has 0 spiro atoms. The Bertz CT molecular complexity index is 576. The third-order valence-electron chi connectivity index (χ3n) is 3.93. The van der Waals surface area contributed by atoms with Crippen LogP contribution in [0.3, 0.4) is 0 Å². The summed E-state index contributed by atoms with van der Waals surface area (Å²) in [5, 5.41) is 0. The van der Waals surface area contributed by atoms with Crippen LogP contribution in [0.5, 0.6) is 0 Å². The lowest BCUT2D eigenvalue weighted by molar-refractivity contribution is 0.180. The van der Waals surface area contributed by atoms with Crippen molar-refractivity contribution in [3.63, 3.8) is 0 Å². The highest BCUT2D eigenvalue weighted by molar-refractivity contribution is 7.16. The molecule has 3 unspecified atom stereocenters. The average molecular weight is 312 g/mol. The molecule has 1 aliphatic rings. The van der Waals surface area contributed by atoms with Crippen LogP contribution < -0.4 is 5.73 Å². The van der Waals surface area contributed by atoms with Gasteiger partial charge >= 0.3 is 0 Å². The van der Waals surface area contributed by atoms with Crippen molar-refractivity contribution in [3.05, 3.63) is 39.6 Å². The van der Waals surface area contributed by atoms with E-state index < -0.39 is 0 Å². The number of halogens is 1. The standard InChI is InChI=1S/C14H18ClN3OS/c1-9(12-2-3-13(15)20-12)18-8-17-6-11(18)14(16)10-4-5-19-7-10/h2-3,6,8-10,14H,4-5,7,16H2,1H3. The SMILES string of the molecule is CC(c1ccc(Cl)s1)n1cncc1C(N)C1CCOC1. The smallest absolute Gasteiger partial charge is 0.0954 e. The van der Waals surface area contributed by atoms with E-state index in [9.17, 15) is 0 Å². The lowest BCUT2D eigenvalue weighted by atomic mass is 9.97. The van der Waals surface area contributed by atoms with Crippen LogP contribution in [-0.2, 0) is 4.74 Å². The molecule has 3 rings (SSSR count). The molecule has 1 aliphatic heterocycles. The summed E-state index contributed by atoms with van der Waals surface area (Å²) in [6.45, 7) is 3.69. The normalized spacial score (nSPS) is 22.1. The summed E-state index contributed by atoms with van der Waals surface area (Å²) < 4.78 is 8.39. The summed E-state index contributed by atoms with van der Waals surface area (Å²) in [7, 11) is 0. The number of nitrogens with two attached hydrogens (primary N) is 1. The first-order valence-corrected chi connectivity index (χ1v) is 7.96. The third kappa shape index (κ3) is 2.63. The highest BCUT2D eigenvalue weighted by Crippen LogP contribution is 2.33. The molecular formula is C14H18ClN3OS. The van der Waals surface area contributed by atoms with Crippen molar-refractivity contribution < 1.29 is 4.74 Å². The number of hydrogen-bond donors (Lipinski definition) is 1. The average Bonchev–Trinajstić information content (AvgIpc) is 3.18. The van der Waals surface area contributed by atoms with Crippen molar-refractivity contribution in [1.29, 1.82) is 0 Å². The van der Waals surface area contributed by atoms with Gasteiger partial charge in [-0.3, -0.25) is 0 Å². The number of nitrogens with zero attached hydrogens (tertiary/aromatic N) is 2. The van der Waals surface area contributed by atoms with Gasteiger partial charge in [0.2, 0.25) is 0 Å². The molecule has 4 nitrogen and oxygen atoms in total. The molecule has 0 saturated carbocycles. The van der Waals surface area contributed by atoms with Gasteiger partial charge in [-0.2, -0.15) is 0 Å². The Kier molecular flexibility index (Phi) is 4.12. The number of aromatic nitrogens is 2. The van der Waals surface area contributed by atoms with Crippen molar-refractivity contribution in [2.24, 2.45) is 11.7 Å². The Hall–Kier alpha value is -0.880. The fourth-order valence-electron chi connectivity index (χ4n) is 2.66. The summed E-state index contributed by atoms with van der Waals surface area (Å²) in [6, 6.07) is 4.15. The second kappa shape index (κ2) is 5.85. The number of imidazole rings is 1. The molecule has 1 fully saturated rings. The Balaban J connectivity index is 1.85. The van der Waals surface area contributed by atoms with E-state index in [1.54, 1.807) is 11.3 Å². The third-order valence-corrected chi connectivity index (χ3v) is 5.33. The summed E-state index contributed by atoms with van der Waals surface area (Å²) in [5.41, 5.74) is 7.47. The van der Waals surface area contributed by atoms with Gasteiger partial charge in [0.05, 0.1) is 35.0 Å². The van der Waals surface area contributed by atoms with Crippen LogP contribution in [0.4, 0.5) is 0 Å². The predicted molar refractivity (Wildman–Crippen MR) is 81.2 cm³/mol. The van der Waals surface area contributed by atoms with Gasteiger partial charge < -0.3 is 15.0 Å². The van der Waals surface area contributed by atoms with Crippen LogP contribution in [0.2, 0.25) is 4.34 Å². The second-order valence-electron chi connectivity index (χ2n) is 5.19. The topological polar surface area (TPSA) is 53.1 Å². The van der Waals surface area contributed by atoms with Crippen LogP contribution in [-0.4, -0.2) is 22.8 Å². The van der Waals surface area contributed by atoms with Crippen LogP contribution in [0.25, 0.3) is 0 Å². The van der Waals surface area contributed by atoms with E-state index in [0.717, 1.165) is 29.7 Å². The molecule has 20 heavy (non-hydrogen) atoms. The molecule has 3 heterocycles. The van der Waals surface area contributed by atoms with Crippen LogP contribution >= 0.6 is 22.9 Å². The molecule has 1 saturated heterocycles. The van der Waals surface area contributed by atoms with E-state index >= 15 is 0 Å². The van der Waals surface area contributed by atoms with Crippen molar-refractivity contribution in [3.8, 4) is 0 Å². The van der Waals surface area contributed by atoms with Gasteiger partial charge in [0.1, 0.15) is 0 Å². The molecule has 6 heteroatoms. The van der Waals surface area contributed by atoms with Crippen LogP contribution in [0.1, 0.15) is 36.0 Å². The van der Waals surface area contributed by atoms with Gasteiger partial charge in [0, 0.05) is 23.6 Å². The Morgan fingerprint density at radius 1 is 1.55 bits per heavy atom. The monoisotopic (exact) mass is 311 g/mol. The lowest BCUT2D eigenvalue weighted by Gasteiger charge is -2.22. The number of rotatable bonds is 4. The zero-order valence-electron chi connectivity index (χ0n) is 11.3. The maximum absolute atomic E-state index is 6.40. The lowest BCUT2D eigenvalue weighted by Crippen LogP contribution is -2.25. The van der Waals surface area contributed by atoms with E-state index in [2.05, 4.69) is 22.5 Å². The van der Waals surface area contributed by atoms with E-state index in [1.807, 2.05) is 18.6 Å². The summed E-state index contributed by atoms with van der Waals surface area (Å²) in [4.78, 5) is 5.49. The molecule has 0 aliphatic carbocycles. The van der Waals surface area contributed by atoms with Gasteiger partial charge in [-0.25, -0.2) is 4.98 Å². The molecular weight excluding hydrogens is 294 g/mol. The number of ether oxygens (including phenoxy) is 1. The van der Waals surface area contributed by atoms with Crippen molar-refractivity contribution in [2.75, 3.05) is 13.2 Å². The van der Waals surface area contributed by atoms with E-state index in [-0.39, 0.29) is 12.1 Å². The quantitative estimate of drug-likeness (QED) is 0.943. The Morgan fingerprint density at radius 2 is 2.40 bits per heavy atom. The van der Waals surface area contributed by atoms with Gasteiger partial charge in [0.25, 0.3) is 0 Å². The van der Waals surface area contributed by atoms with E-state index in [1.165, 1.54) is 4.88 Å². The molecule has 0 aromatic carbocycles. The maximum atomic E-state index is 6.40. The van der Waals surface area contributed by atoms with Crippen molar-refractivity contribution in [2.45, 2.75) is 25.4 Å². The van der Waals surface area contributed by atoms with Gasteiger partial charge in [0.15, 0.2) is 0 Å². The minimum absolute atomic E-state index is 0.0297. The maximum Gasteiger partial charge on any atom is 0.0954 e. The first-order valence-electron chi connectivity index (χ1n) is 6.77. The molecule has 3 atom stereocenters. The van der Waals surface area contributed by atoms with Crippen LogP contribution in [0.15, 0.2) is 24.7 Å². The fourth-order valence-corrected chi connectivity index (χ4v) is 3.78. The van der Waals surface area contributed by atoms with Crippen molar-refractivity contribution in [1.82, 2.24) is 9.55 Å². The first-order chi connectivity index (χ1) is 9.66. The van der Waals surface area contributed by atoms with Crippen LogP contribution in [0, 0.1) is 5.92 Å². The second-order valence-corrected chi connectivity index (χ2v) is 6.94. The zero-order valence-corrected chi connectivity index (χ0v) is 12.9. The molecule has 0 bridgehead atoms. The molecule has 0 radical (unpaired) electrons. The summed E-state index contributed by atoms with van der Waals surface area (Å²) in [6.07, 6.45) is 4.74. The predicted octanol–water partition coefficient (Wildman–Crippen LogP) is 3.24. The summed E-state index contributed by atoms with van der Waals surface area (Å²) in [5.74, 6) is 0.379.